The lowest BCUT2D eigenvalue weighted by molar-refractivity contribution is 0.0478. The molecule has 2 aromatic carbocycles. The Bertz CT molecular complexity index is 748. The van der Waals surface area contributed by atoms with Gasteiger partial charge in [0.1, 0.15) is 11.5 Å². The van der Waals surface area contributed by atoms with Crippen molar-refractivity contribution in [2.75, 3.05) is 6.54 Å². The molecule has 5 nitrogen and oxygen atoms in total. The maximum Gasteiger partial charge on any atom is 0.410 e. The van der Waals surface area contributed by atoms with E-state index in [1.165, 1.54) is 0 Å². The van der Waals surface area contributed by atoms with Crippen molar-refractivity contribution in [3.05, 3.63) is 60.2 Å². The second-order valence-corrected chi connectivity index (χ2v) is 7.23. The summed E-state index contributed by atoms with van der Waals surface area (Å²) in [6.07, 6.45) is 2.00. The molecule has 1 amide bonds. The number of nitrogens with two attached hydrogens (primary N) is 1. The largest absolute Gasteiger partial charge is 0.457 e. The maximum absolute atomic E-state index is 12.5. The molecule has 2 atom stereocenters. The van der Waals surface area contributed by atoms with Gasteiger partial charge in [-0.15, -0.1) is 0 Å². The van der Waals surface area contributed by atoms with Crippen LogP contribution in [-0.4, -0.2) is 35.7 Å². The van der Waals surface area contributed by atoms with E-state index < -0.39 is 0 Å². The summed E-state index contributed by atoms with van der Waals surface area (Å²) >= 11 is 0. The normalized spacial score (nSPS) is 19.8. The summed E-state index contributed by atoms with van der Waals surface area (Å²) in [6, 6.07) is 17.4. The molecule has 27 heavy (non-hydrogen) atoms. The van der Waals surface area contributed by atoms with E-state index in [4.69, 9.17) is 15.2 Å². The molecule has 1 fully saturated rings. The molecular weight excluding hydrogens is 340 g/mol. The van der Waals surface area contributed by atoms with E-state index in [1.807, 2.05) is 68.4 Å². The molecule has 0 aromatic heterocycles. The Morgan fingerprint density at radius 1 is 1.15 bits per heavy atom. The van der Waals surface area contributed by atoms with Crippen LogP contribution in [0.1, 0.15) is 32.3 Å². The fraction of sp³-hybridized carbons (Fsp3) is 0.409. The van der Waals surface area contributed by atoms with Gasteiger partial charge < -0.3 is 20.1 Å². The maximum atomic E-state index is 12.5. The van der Waals surface area contributed by atoms with Crippen LogP contribution in [0.2, 0.25) is 0 Å². The molecule has 1 heterocycles. The van der Waals surface area contributed by atoms with Gasteiger partial charge in [-0.3, -0.25) is 0 Å². The second-order valence-electron chi connectivity index (χ2n) is 7.23. The molecule has 1 aliphatic heterocycles. The highest BCUT2D eigenvalue weighted by atomic mass is 16.6. The van der Waals surface area contributed by atoms with Gasteiger partial charge in [-0.1, -0.05) is 36.4 Å². The Balaban J connectivity index is 1.80. The van der Waals surface area contributed by atoms with E-state index in [0.717, 1.165) is 29.9 Å². The predicted octanol–water partition coefficient (Wildman–Crippen LogP) is 4.36. The molecule has 0 aliphatic carbocycles. The number of hydrogen-bond donors (Lipinski definition) is 1. The summed E-state index contributed by atoms with van der Waals surface area (Å²) in [6.45, 7) is 4.39. The van der Waals surface area contributed by atoms with E-state index in [9.17, 15) is 4.79 Å². The van der Waals surface area contributed by atoms with Crippen LogP contribution in [0.15, 0.2) is 54.6 Å². The molecule has 0 radical (unpaired) electrons. The van der Waals surface area contributed by atoms with Crippen LogP contribution in [-0.2, 0) is 11.2 Å². The third-order valence-corrected chi connectivity index (χ3v) is 4.77. The molecule has 0 bridgehead atoms. The molecule has 2 aromatic rings. The zero-order chi connectivity index (χ0) is 19.2. The number of para-hydroxylation sites is 2. The Labute approximate surface area is 161 Å². The number of ether oxygens (including phenoxy) is 2. The van der Waals surface area contributed by atoms with Gasteiger partial charge >= 0.3 is 6.09 Å². The van der Waals surface area contributed by atoms with Crippen LogP contribution in [0.4, 0.5) is 4.79 Å². The van der Waals surface area contributed by atoms with E-state index in [2.05, 4.69) is 0 Å². The van der Waals surface area contributed by atoms with Gasteiger partial charge in [0, 0.05) is 12.6 Å². The lowest BCUT2D eigenvalue weighted by atomic mass is 9.91. The Morgan fingerprint density at radius 3 is 2.59 bits per heavy atom. The fourth-order valence-corrected chi connectivity index (χ4v) is 3.46. The summed E-state index contributed by atoms with van der Waals surface area (Å²) in [5.41, 5.74) is 7.43. The quantitative estimate of drug-likeness (QED) is 0.852. The predicted molar refractivity (Wildman–Crippen MR) is 106 cm³/mol. The first-order valence-electron chi connectivity index (χ1n) is 9.58. The number of benzene rings is 2. The number of rotatable bonds is 5. The van der Waals surface area contributed by atoms with E-state index in [1.54, 1.807) is 4.90 Å². The molecule has 2 N–H and O–H groups in total. The Hall–Kier alpha value is -2.53. The number of nitrogens with zero attached hydrogens (tertiary/aromatic N) is 1. The lowest BCUT2D eigenvalue weighted by Crippen LogP contribution is -2.55. The van der Waals surface area contributed by atoms with E-state index in [-0.39, 0.29) is 24.3 Å². The van der Waals surface area contributed by atoms with Gasteiger partial charge in [0.25, 0.3) is 0 Å². The Kier molecular flexibility index (Phi) is 6.35. The van der Waals surface area contributed by atoms with Crippen LogP contribution in [0, 0.1) is 0 Å². The Morgan fingerprint density at radius 2 is 1.85 bits per heavy atom. The minimum absolute atomic E-state index is 0.0803. The van der Waals surface area contributed by atoms with Gasteiger partial charge in [-0.2, -0.15) is 0 Å². The minimum Gasteiger partial charge on any atom is -0.457 e. The fourth-order valence-electron chi connectivity index (χ4n) is 3.46. The number of amides is 1. The molecule has 1 aliphatic rings. The summed E-state index contributed by atoms with van der Waals surface area (Å²) in [4.78, 5) is 14.3. The van der Waals surface area contributed by atoms with Gasteiger partial charge in [-0.05, 0) is 56.9 Å². The van der Waals surface area contributed by atoms with Crippen molar-refractivity contribution in [2.45, 2.75) is 51.3 Å². The standard InChI is InChI=1S/C22H28N2O3/c1-16(2)26-22(25)24-14-8-12-19(23)20(24)15-17-9-6-7-13-21(17)27-18-10-4-3-5-11-18/h3-7,9-11,13,16,19-20H,8,12,14-15,23H2,1-2H3. The number of carbonyl (C=O) groups is 1. The average molecular weight is 368 g/mol. The van der Waals surface area contributed by atoms with Gasteiger partial charge in [0.05, 0.1) is 12.1 Å². The molecule has 3 rings (SSSR count). The van der Waals surface area contributed by atoms with Crippen molar-refractivity contribution in [1.82, 2.24) is 4.90 Å². The van der Waals surface area contributed by atoms with Gasteiger partial charge in [0.2, 0.25) is 0 Å². The molecule has 5 heteroatoms. The molecule has 144 valence electrons. The first-order chi connectivity index (χ1) is 13.0. The average Bonchev–Trinajstić information content (AvgIpc) is 2.65. The zero-order valence-corrected chi connectivity index (χ0v) is 16.0. The number of likely N-dealkylation sites (tertiary alicyclic amines) is 1. The molecule has 0 spiro atoms. The molecule has 2 unspecified atom stereocenters. The van der Waals surface area contributed by atoms with Crippen molar-refractivity contribution in [1.29, 1.82) is 0 Å². The van der Waals surface area contributed by atoms with Crippen molar-refractivity contribution < 1.29 is 14.3 Å². The van der Waals surface area contributed by atoms with Gasteiger partial charge in [-0.25, -0.2) is 4.79 Å². The number of piperidine rings is 1. The lowest BCUT2D eigenvalue weighted by Gasteiger charge is -2.39. The zero-order valence-electron chi connectivity index (χ0n) is 16.0. The highest BCUT2D eigenvalue weighted by Crippen LogP contribution is 2.29. The summed E-state index contributed by atoms with van der Waals surface area (Å²) in [7, 11) is 0. The number of carbonyl (C=O) groups excluding carboxylic acids is 1. The highest BCUT2D eigenvalue weighted by molar-refractivity contribution is 5.68. The van der Waals surface area contributed by atoms with E-state index in [0.29, 0.717) is 13.0 Å². The van der Waals surface area contributed by atoms with Gasteiger partial charge in [0.15, 0.2) is 0 Å². The van der Waals surface area contributed by atoms with Crippen molar-refractivity contribution in [2.24, 2.45) is 5.73 Å². The number of hydrogen-bond acceptors (Lipinski definition) is 4. The van der Waals surface area contributed by atoms with Crippen LogP contribution >= 0.6 is 0 Å². The third kappa shape index (κ3) is 5.01. The first kappa shape index (κ1) is 19.2. The highest BCUT2D eigenvalue weighted by Gasteiger charge is 2.34. The van der Waals surface area contributed by atoms with Crippen molar-refractivity contribution >= 4 is 6.09 Å². The molecule has 1 saturated heterocycles. The third-order valence-electron chi connectivity index (χ3n) is 4.77. The van der Waals surface area contributed by atoms with Crippen LogP contribution in [0.25, 0.3) is 0 Å². The van der Waals surface area contributed by atoms with Crippen LogP contribution in [0.3, 0.4) is 0 Å². The van der Waals surface area contributed by atoms with Crippen molar-refractivity contribution in [3.8, 4) is 11.5 Å². The van der Waals surface area contributed by atoms with E-state index >= 15 is 0 Å². The molecule has 0 saturated carbocycles. The van der Waals surface area contributed by atoms with Crippen LogP contribution in [0.5, 0.6) is 11.5 Å². The summed E-state index contributed by atoms with van der Waals surface area (Å²) in [5, 5.41) is 0. The minimum atomic E-state index is -0.286. The summed E-state index contributed by atoms with van der Waals surface area (Å²) in [5.74, 6) is 1.58. The topological polar surface area (TPSA) is 64.8 Å². The smallest absolute Gasteiger partial charge is 0.410 e. The van der Waals surface area contributed by atoms with Crippen molar-refractivity contribution in [3.63, 3.8) is 0 Å². The molecular formula is C22H28N2O3. The van der Waals surface area contributed by atoms with Crippen LogP contribution < -0.4 is 10.5 Å². The SMILES string of the molecule is CC(C)OC(=O)N1CCCC(N)C1Cc1ccccc1Oc1ccccc1. The second kappa shape index (κ2) is 8.91. The monoisotopic (exact) mass is 368 g/mol. The first-order valence-corrected chi connectivity index (χ1v) is 9.58. The summed E-state index contributed by atoms with van der Waals surface area (Å²) < 4.78 is 11.5.